The second-order valence-electron chi connectivity index (χ2n) is 3.96. The van der Waals surface area contributed by atoms with Crippen molar-refractivity contribution in [1.82, 2.24) is 9.97 Å². The number of nitrogens with zero attached hydrogens (tertiary/aromatic N) is 2. The third kappa shape index (κ3) is 2.05. The highest BCUT2D eigenvalue weighted by molar-refractivity contribution is 7.98. The van der Waals surface area contributed by atoms with Crippen LogP contribution in [-0.4, -0.2) is 22.1 Å². The molecule has 0 radical (unpaired) electrons. The molecule has 0 aromatic carbocycles. The van der Waals surface area contributed by atoms with E-state index < -0.39 is 5.91 Å². The normalized spacial score (nSPS) is 11.1. The predicted molar refractivity (Wildman–Crippen MR) is 85.4 cm³/mol. The number of thioether (sulfide) groups is 1. The van der Waals surface area contributed by atoms with Gasteiger partial charge in [0.15, 0.2) is 5.16 Å². The zero-order valence-electron chi connectivity index (χ0n) is 10.4. The molecule has 3 heterocycles. The van der Waals surface area contributed by atoms with Crippen molar-refractivity contribution in [3.8, 4) is 11.3 Å². The minimum absolute atomic E-state index is 0.337. The van der Waals surface area contributed by atoms with E-state index in [1.807, 2.05) is 23.1 Å². The van der Waals surface area contributed by atoms with Crippen molar-refractivity contribution in [3.05, 3.63) is 21.7 Å². The van der Waals surface area contributed by atoms with E-state index in [1.54, 1.807) is 11.3 Å². The van der Waals surface area contributed by atoms with Crippen molar-refractivity contribution >= 4 is 56.2 Å². The van der Waals surface area contributed by atoms with Gasteiger partial charge in [0.05, 0.1) is 16.8 Å². The topological polar surface area (TPSA) is 94.9 Å². The Morgan fingerprint density at radius 2 is 2.20 bits per heavy atom. The van der Waals surface area contributed by atoms with Crippen LogP contribution < -0.4 is 11.5 Å². The Labute approximate surface area is 127 Å². The van der Waals surface area contributed by atoms with E-state index in [1.165, 1.54) is 23.1 Å². The largest absolute Gasteiger partial charge is 0.397 e. The van der Waals surface area contributed by atoms with Gasteiger partial charge in [0.25, 0.3) is 5.91 Å². The minimum Gasteiger partial charge on any atom is -0.397 e. The van der Waals surface area contributed by atoms with E-state index in [2.05, 4.69) is 9.97 Å². The number of nitrogen functional groups attached to an aromatic ring is 1. The van der Waals surface area contributed by atoms with Crippen LogP contribution in [0.2, 0.25) is 0 Å². The molecule has 0 atom stereocenters. The second kappa shape index (κ2) is 5.04. The molecule has 0 unspecified atom stereocenters. The minimum atomic E-state index is -0.535. The number of nitrogens with two attached hydrogens (primary N) is 2. The maximum absolute atomic E-state index is 11.4. The van der Waals surface area contributed by atoms with Gasteiger partial charge in [0, 0.05) is 10.9 Å². The fourth-order valence-corrected chi connectivity index (χ4v) is 3.90. The van der Waals surface area contributed by atoms with Crippen LogP contribution in [0.25, 0.3) is 21.5 Å². The zero-order valence-corrected chi connectivity index (χ0v) is 12.9. The lowest BCUT2D eigenvalue weighted by Crippen LogP contribution is -2.10. The molecule has 0 aliphatic rings. The molecular weight excluding hydrogens is 312 g/mol. The summed E-state index contributed by atoms with van der Waals surface area (Å²) in [5.74, 6) is -0.535. The number of rotatable bonds is 3. The summed E-state index contributed by atoms with van der Waals surface area (Å²) in [6.45, 7) is 0. The summed E-state index contributed by atoms with van der Waals surface area (Å²) in [5, 5.41) is 5.32. The van der Waals surface area contributed by atoms with Gasteiger partial charge in [-0.05, 0) is 17.7 Å². The van der Waals surface area contributed by atoms with E-state index >= 15 is 0 Å². The van der Waals surface area contributed by atoms with Gasteiger partial charge in [-0.25, -0.2) is 9.97 Å². The van der Waals surface area contributed by atoms with E-state index in [9.17, 15) is 4.79 Å². The van der Waals surface area contributed by atoms with Crippen LogP contribution >= 0.6 is 34.4 Å². The molecule has 1 amide bonds. The average Bonchev–Trinajstić information content (AvgIpc) is 3.06. The smallest absolute Gasteiger partial charge is 0.260 e. The van der Waals surface area contributed by atoms with Gasteiger partial charge in [0.1, 0.15) is 9.71 Å². The summed E-state index contributed by atoms with van der Waals surface area (Å²) >= 11 is 4.24. The molecule has 3 aromatic heterocycles. The lowest BCUT2D eigenvalue weighted by atomic mass is 10.1. The molecule has 20 heavy (non-hydrogen) atoms. The van der Waals surface area contributed by atoms with Crippen LogP contribution in [-0.2, 0) is 0 Å². The standard InChI is InChI=1S/C12H10N4OS3/c1-18-12-15-8(5-2-3-19-4-5)6-7(13)9(10(14)17)20-11(6)16-12/h2-4H,13H2,1H3,(H2,14,17). The SMILES string of the molecule is CSc1nc(-c2ccsc2)c2c(N)c(C(N)=O)sc2n1. The van der Waals surface area contributed by atoms with Gasteiger partial charge in [0.2, 0.25) is 0 Å². The van der Waals surface area contributed by atoms with Crippen LogP contribution in [0.5, 0.6) is 0 Å². The number of fused-ring (bicyclic) bond motifs is 1. The molecule has 0 spiro atoms. The van der Waals surface area contributed by atoms with Crippen molar-refractivity contribution in [2.75, 3.05) is 12.0 Å². The first-order valence-electron chi connectivity index (χ1n) is 5.58. The van der Waals surface area contributed by atoms with Gasteiger partial charge in [-0.15, -0.1) is 11.3 Å². The number of aromatic nitrogens is 2. The first-order chi connectivity index (χ1) is 9.61. The van der Waals surface area contributed by atoms with Gasteiger partial charge >= 0.3 is 0 Å². The van der Waals surface area contributed by atoms with Crippen LogP contribution in [0.15, 0.2) is 22.0 Å². The average molecular weight is 322 g/mol. The number of hydrogen-bond donors (Lipinski definition) is 2. The lowest BCUT2D eigenvalue weighted by molar-refractivity contribution is 0.100. The molecule has 0 aliphatic carbocycles. The molecule has 0 aliphatic heterocycles. The van der Waals surface area contributed by atoms with Crippen molar-refractivity contribution in [2.24, 2.45) is 5.73 Å². The van der Waals surface area contributed by atoms with Crippen LogP contribution in [0.1, 0.15) is 9.67 Å². The molecule has 0 saturated heterocycles. The number of amides is 1. The Morgan fingerprint density at radius 1 is 1.40 bits per heavy atom. The molecule has 0 saturated carbocycles. The number of carbonyl (C=O) groups is 1. The Hall–Kier alpha value is -1.64. The molecule has 102 valence electrons. The van der Waals surface area contributed by atoms with E-state index in [0.29, 0.717) is 25.9 Å². The highest BCUT2D eigenvalue weighted by Gasteiger charge is 2.20. The number of primary amides is 1. The van der Waals surface area contributed by atoms with Crippen molar-refractivity contribution < 1.29 is 4.79 Å². The Bertz CT molecular complexity index is 795. The second-order valence-corrected chi connectivity index (χ2v) is 6.51. The number of hydrogen-bond acceptors (Lipinski definition) is 7. The Balaban J connectivity index is 2.39. The van der Waals surface area contributed by atoms with Gasteiger partial charge < -0.3 is 11.5 Å². The zero-order chi connectivity index (χ0) is 14.3. The van der Waals surface area contributed by atoms with Crippen molar-refractivity contribution in [1.29, 1.82) is 0 Å². The van der Waals surface area contributed by atoms with Crippen LogP contribution in [0.3, 0.4) is 0 Å². The lowest BCUT2D eigenvalue weighted by Gasteiger charge is -2.03. The first kappa shape index (κ1) is 13.3. The van der Waals surface area contributed by atoms with Crippen LogP contribution in [0.4, 0.5) is 5.69 Å². The summed E-state index contributed by atoms with van der Waals surface area (Å²) in [7, 11) is 0. The van der Waals surface area contributed by atoms with Gasteiger partial charge in [-0.1, -0.05) is 11.8 Å². The molecule has 0 bridgehead atoms. The maximum atomic E-state index is 11.4. The number of anilines is 1. The molecule has 5 nitrogen and oxygen atoms in total. The first-order valence-corrected chi connectivity index (χ1v) is 8.56. The van der Waals surface area contributed by atoms with E-state index in [-0.39, 0.29) is 0 Å². The van der Waals surface area contributed by atoms with E-state index in [0.717, 1.165) is 11.3 Å². The Kier molecular flexibility index (Phi) is 3.36. The fraction of sp³-hybridized carbons (Fsp3) is 0.0833. The van der Waals surface area contributed by atoms with Crippen molar-refractivity contribution in [2.45, 2.75) is 5.16 Å². The number of thiophene rings is 2. The monoisotopic (exact) mass is 322 g/mol. The molecule has 4 N–H and O–H groups in total. The molecular formula is C12H10N4OS3. The Morgan fingerprint density at radius 3 is 2.80 bits per heavy atom. The highest BCUT2D eigenvalue weighted by Crippen LogP contribution is 2.39. The maximum Gasteiger partial charge on any atom is 0.260 e. The molecule has 3 aromatic rings. The summed E-state index contributed by atoms with van der Waals surface area (Å²) < 4.78 is 0. The third-order valence-corrected chi connectivity index (χ3v) is 5.11. The summed E-state index contributed by atoms with van der Waals surface area (Å²) in [6, 6.07) is 1.97. The van der Waals surface area contributed by atoms with Crippen molar-refractivity contribution in [3.63, 3.8) is 0 Å². The van der Waals surface area contributed by atoms with Gasteiger partial charge in [-0.2, -0.15) is 11.3 Å². The summed E-state index contributed by atoms with van der Waals surface area (Å²) in [5.41, 5.74) is 13.5. The summed E-state index contributed by atoms with van der Waals surface area (Å²) in [6.07, 6.45) is 1.91. The summed E-state index contributed by atoms with van der Waals surface area (Å²) in [4.78, 5) is 21.4. The highest BCUT2D eigenvalue weighted by atomic mass is 32.2. The molecule has 0 fully saturated rings. The molecule has 8 heteroatoms. The third-order valence-electron chi connectivity index (χ3n) is 2.77. The van der Waals surface area contributed by atoms with E-state index in [4.69, 9.17) is 11.5 Å². The van der Waals surface area contributed by atoms with Crippen LogP contribution in [0, 0.1) is 0 Å². The predicted octanol–water partition coefficient (Wildman–Crippen LogP) is 2.82. The molecule has 3 rings (SSSR count). The van der Waals surface area contributed by atoms with Gasteiger partial charge in [-0.3, -0.25) is 4.79 Å². The quantitative estimate of drug-likeness (QED) is 0.571. The number of carbonyl (C=O) groups excluding carboxylic acids is 1. The fourth-order valence-electron chi connectivity index (χ4n) is 1.88.